The fourth-order valence-electron chi connectivity index (χ4n) is 2.86. The van der Waals surface area contributed by atoms with Crippen molar-refractivity contribution in [2.24, 2.45) is 7.05 Å². The molecule has 3 rings (SSSR count). The van der Waals surface area contributed by atoms with E-state index in [9.17, 15) is 12.8 Å². The van der Waals surface area contributed by atoms with Crippen LogP contribution in [0, 0.1) is 5.82 Å². The number of piperazine rings is 1. The van der Waals surface area contributed by atoms with Crippen molar-refractivity contribution in [3.8, 4) is 0 Å². The number of benzene rings is 1. The van der Waals surface area contributed by atoms with Gasteiger partial charge in [0, 0.05) is 39.1 Å². The number of nitrogens with zero attached hydrogens (tertiary/aromatic N) is 3. The van der Waals surface area contributed by atoms with Crippen molar-refractivity contribution in [3.05, 3.63) is 53.9 Å². The number of aryl methyl sites for hydroxylation is 1. The molecule has 132 valence electrons. The minimum Gasteiger partial charge on any atom is -0.337 e. The number of imidazole rings is 1. The summed E-state index contributed by atoms with van der Waals surface area (Å²) in [4.78, 5) is 4.28. The van der Waals surface area contributed by atoms with Crippen molar-refractivity contribution in [1.82, 2.24) is 19.2 Å². The summed E-state index contributed by atoms with van der Waals surface area (Å²) in [6.07, 6.45) is 3.45. The molecular weight excluding hydrogens is 355 g/mol. The molecule has 0 spiro atoms. The molecule has 0 saturated carbocycles. The van der Waals surface area contributed by atoms with Gasteiger partial charge in [-0.2, -0.15) is 4.31 Å². The number of hydrogen-bond acceptors (Lipinski definition) is 4. The molecule has 1 aromatic carbocycles. The van der Waals surface area contributed by atoms with Crippen LogP contribution in [0.1, 0.15) is 17.4 Å². The SMILES string of the molecule is Cl.Cn1ccnc1C1CNCCN1S(=O)(=O)Cc1cccc(F)c1. The molecule has 2 heterocycles. The molecular formula is C15H20ClFN4O2S. The summed E-state index contributed by atoms with van der Waals surface area (Å²) >= 11 is 0. The standard InChI is InChI=1S/C15H19FN4O2S.ClH/c1-19-7-6-18-15(19)14-10-17-5-8-20(14)23(21,22)11-12-3-2-4-13(16)9-12;/h2-4,6-7,9,14,17H,5,8,10-11H2,1H3;1H. The van der Waals surface area contributed by atoms with E-state index in [4.69, 9.17) is 0 Å². The molecule has 1 aliphatic heterocycles. The average molecular weight is 375 g/mol. The van der Waals surface area contributed by atoms with Gasteiger partial charge >= 0.3 is 0 Å². The minimum absolute atomic E-state index is 0. The highest BCUT2D eigenvalue weighted by molar-refractivity contribution is 7.88. The van der Waals surface area contributed by atoms with Crippen molar-refractivity contribution < 1.29 is 12.8 Å². The van der Waals surface area contributed by atoms with Crippen LogP contribution in [0.15, 0.2) is 36.7 Å². The molecule has 1 aliphatic rings. The van der Waals surface area contributed by atoms with Crippen LogP contribution in [-0.2, 0) is 22.8 Å². The molecule has 2 aromatic rings. The topological polar surface area (TPSA) is 67.2 Å². The van der Waals surface area contributed by atoms with E-state index in [0.29, 0.717) is 31.0 Å². The smallest absolute Gasteiger partial charge is 0.219 e. The van der Waals surface area contributed by atoms with E-state index in [2.05, 4.69) is 10.3 Å². The van der Waals surface area contributed by atoms with Gasteiger partial charge < -0.3 is 9.88 Å². The number of aromatic nitrogens is 2. The van der Waals surface area contributed by atoms with E-state index >= 15 is 0 Å². The third kappa shape index (κ3) is 3.94. The quantitative estimate of drug-likeness (QED) is 0.879. The Morgan fingerprint density at radius 1 is 1.42 bits per heavy atom. The van der Waals surface area contributed by atoms with Gasteiger partial charge in [0.25, 0.3) is 0 Å². The van der Waals surface area contributed by atoms with Gasteiger partial charge in [-0.3, -0.25) is 0 Å². The van der Waals surface area contributed by atoms with Gasteiger partial charge in [0.2, 0.25) is 10.0 Å². The maximum Gasteiger partial charge on any atom is 0.219 e. The summed E-state index contributed by atoms with van der Waals surface area (Å²) < 4.78 is 42.2. The Bertz CT molecular complexity index is 796. The van der Waals surface area contributed by atoms with Crippen LogP contribution in [0.25, 0.3) is 0 Å². The fraction of sp³-hybridized carbons (Fsp3) is 0.400. The second-order valence-electron chi connectivity index (χ2n) is 5.61. The highest BCUT2D eigenvalue weighted by atomic mass is 35.5. The molecule has 0 radical (unpaired) electrons. The summed E-state index contributed by atoms with van der Waals surface area (Å²) in [5.41, 5.74) is 0.446. The molecule has 0 aliphatic carbocycles. The normalized spacial score (nSPS) is 19.0. The van der Waals surface area contributed by atoms with E-state index < -0.39 is 15.8 Å². The first-order chi connectivity index (χ1) is 11.0. The van der Waals surface area contributed by atoms with Gasteiger partial charge in [0.05, 0.1) is 11.8 Å². The van der Waals surface area contributed by atoms with Crippen LogP contribution in [0.2, 0.25) is 0 Å². The minimum atomic E-state index is -3.57. The largest absolute Gasteiger partial charge is 0.337 e. The average Bonchev–Trinajstić information content (AvgIpc) is 2.93. The first-order valence-electron chi connectivity index (χ1n) is 7.39. The third-order valence-corrected chi connectivity index (χ3v) is 5.80. The number of sulfonamides is 1. The number of nitrogens with one attached hydrogen (secondary N) is 1. The first kappa shape index (κ1) is 18.9. The number of rotatable bonds is 4. The Morgan fingerprint density at radius 3 is 2.88 bits per heavy atom. The van der Waals surface area contributed by atoms with Crippen molar-refractivity contribution >= 4 is 22.4 Å². The van der Waals surface area contributed by atoms with E-state index in [1.54, 1.807) is 18.5 Å². The second-order valence-corrected chi connectivity index (χ2v) is 7.53. The first-order valence-corrected chi connectivity index (χ1v) is 9.00. The van der Waals surface area contributed by atoms with E-state index in [-0.39, 0.29) is 24.2 Å². The molecule has 1 unspecified atom stereocenters. The Kier molecular flexibility index (Phi) is 5.97. The van der Waals surface area contributed by atoms with Gasteiger partial charge in [0.15, 0.2) is 0 Å². The predicted octanol–water partition coefficient (Wildman–Crippen LogP) is 1.46. The Morgan fingerprint density at radius 2 is 2.21 bits per heavy atom. The number of hydrogen-bond donors (Lipinski definition) is 1. The lowest BCUT2D eigenvalue weighted by molar-refractivity contribution is 0.258. The van der Waals surface area contributed by atoms with Gasteiger partial charge in [-0.05, 0) is 17.7 Å². The van der Waals surface area contributed by atoms with Crippen molar-refractivity contribution in [3.63, 3.8) is 0 Å². The number of halogens is 2. The monoisotopic (exact) mass is 374 g/mol. The second kappa shape index (κ2) is 7.60. The lowest BCUT2D eigenvalue weighted by Gasteiger charge is -2.34. The lowest BCUT2D eigenvalue weighted by Crippen LogP contribution is -2.49. The zero-order chi connectivity index (χ0) is 16.4. The van der Waals surface area contributed by atoms with Crippen molar-refractivity contribution in [1.29, 1.82) is 0 Å². The highest BCUT2D eigenvalue weighted by Gasteiger charge is 2.35. The fourth-order valence-corrected chi connectivity index (χ4v) is 4.55. The zero-order valence-corrected chi connectivity index (χ0v) is 14.9. The Hall–Kier alpha value is -1.48. The molecule has 9 heteroatoms. The molecule has 1 atom stereocenters. The summed E-state index contributed by atoms with van der Waals surface area (Å²) in [5.74, 6) is 0.0461. The van der Waals surface area contributed by atoms with Gasteiger partial charge in [-0.25, -0.2) is 17.8 Å². The Balaban J connectivity index is 0.00000208. The summed E-state index contributed by atoms with van der Waals surface area (Å²) in [7, 11) is -1.73. The molecule has 0 amide bonds. The van der Waals surface area contributed by atoms with E-state index in [1.807, 2.05) is 11.6 Å². The van der Waals surface area contributed by atoms with Crippen LogP contribution in [0.4, 0.5) is 4.39 Å². The summed E-state index contributed by atoms with van der Waals surface area (Å²) in [5, 5.41) is 3.21. The zero-order valence-electron chi connectivity index (χ0n) is 13.2. The molecule has 6 nitrogen and oxygen atoms in total. The summed E-state index contributed by atoms with van der Waals surface area (Å²) in [6.45, 7) is 1.46. The molecule has 1 fully saturated rings. The third-order valence-electron chi connectivity index (χ3n) is 3.95. The maximum atomic E-state index is 13.3. The van der Waals surface area contributed by atoms with E-state index in [0.717, 1.165) is 0 Å². The molecule has 1 saturated heterocycles. The van der Waals surface area contributed by atoms with E-state index in [1.165, 1.54) is 22.5 Å². The lowest BCUT2D eigenvalue weighted by atomic mass is 10.2. The van der Waals surface area contributed by atoms with Crippen molar-refractivity contribution in [2.75, 3.05) is 19.6 Å². The molecule has 24 heavy (non-hydrogen) atoms. The van der Waals surface area contributed by atoms with Crippen LogP contribution < -0.4 is 5.32 Å². The van der Waals surface area contributed by atoms with Gasteiger partial charge in [0.1, 0.15) is 11.6 Å². The summed E-state index contributed by atoms with van der Waals surface area (Å²) in [6, 6.07) is 5.35. The van der Waals surface area contributed by atoms with Crippen LogP contribution in [-0.4, -0.2) is 41.9 Å². The van der Waals surface area contributed by atoms with Crippen LogP contribution in [0.5, 0.6) is 0 Å². The van der Waals surface area contributed by atoms with Crippen LogP contribution >= 0.6 is 12.4 Å². The van der Waals surface area contributed by atoms with Crippen LogP contribution in [0.3, 0.4) is 0 Å². The Labute approximate surface area is 147 Å². The molecule has 1 N–H and O–H groups in total. The van der Waals surface area contributed by atoms with Crippen molar-refractivity contribution in [2.45, 2.75) is 11.8 Å². The van der Waals surface area contributed by atoms with Gasteiger partial charge in [-0.15, -0.1) is 12.4 Å². The molecule has 0 bridgehead atoms. The molecule has 1 aromatic heterocycles. The predicted molar refractivity (Wildman–Crippen MR) is 91.8 cm³/mol. The maximum absolute atomic E-state index is 13.3. The highest BCUT2D eigenvalue weighted by Crippen LogP contribution is 2.25. The van der Waals surface area contributed by atoms with Gasteiger partial charge in [-0.1, -0.05) is 12.1 Å².